The second-order valence-corrected chi connectivity index (χ2v) is 2.91. The number of hydrogen-bond acceptors (Lipinski definition) is 3. The van der Waals surface area contributed by atoms with Crippen LogP contribution in [0.3, 0.4) is 0 Å². The van der Waals surface area contributed by atoms with E-state index >= 15 is 0 Å². The Morgan fingerprint density at radius 1 is 1.36 bits per heavy atom. The Bertz CT molecular complexity index is 244. The predicted molar refractivity (Wildman–Crippen MR) is 49.5 cm³/mol. The van der Waals surface area contributed by atoms with Crippen LogP contribution >= 0.6 is 0 Å². The van der Waals surface area contributed by atoms with Crippen LogP contribution in [0.1, 0.15) is 26.2 Å². The highest BCUT2D eigenvalue weighted by atomic mass is 16.4. The van der Waals surface area contributed by atoms with Gasteiger partial charge in [0.1, 0.15) is 0 Å². The monoisotopic (exact) mass is 199 g/mol. The first-order valence-corrected chi connectivity index (χ1v) is 4.15. The summed E-state index contributed by atoms with van der Waals surface area (Å²) in [6.45, 7) is 4.60. The number of carboxylic acids is 1. The molecule has 0 aliphatic carbocycles. The number of hydrogen-bond donors (Lipinski definition) is 2. The zero-order valence-corrected chi connectivity index (χ0v) is 8.00. The van der Waals surface area contributed by atoms with Crippen molar-refractivity contribution >= 4 is 17.8 Å². The molecular formula is C9H13NO4. The average molecular weight is 199 g/mol. The molecule has 1 saturated heterocycles. The zero-order valence-electron chi connectivity index (χ0n) is 8.00. The van der Waals surface area contributed by atoms with Crippen LogP contribution in [0.15, 0.2) is 12.2 Å². The van der Waals surface area contributed by atoms with E-state index in [1.165, 1.54) is 6.92 Å². The summed E-state index contributed by atoms with van der Waals surface area (Å²) in [6.07, 6.45) is 1.72. The summed E-state index contributed by atoms with van der Waals surface area (Å²) < 4.78 is 0. The standard InChI is InChI=1S/C5H7NO2.C4H6O2/c7-4-2-1-3-5(8)6-4;1-3(2)4(5)6/h1-3H2,(H,6,7,8);1H2,2H3,(H,5,6). The normalized spacial score (nSPS) is 14.9. The first kappa shape index (κ1) is 12.3. The number of amides is 2. The lowest BCUT2D eigenvalue weighted by Gasteiger charge is -2.07. The maximum atomic E-state index is 10.3. The Balaban J connectivity index is 0.000000255. The van der Waals surface area contributed by atoms with Crippen LogP contribution in [0.2, 0.25) is 0 Å². The van der Waals surface area contributed by atoms with E-state index in [9.17, 15) is 14.4 Å². The van der Waals surface area contributed by atoms with Crippen molar-refractivity contribution in [1.29, 1.82) is 0 Å². The molecule has 0 bridgehead atoms. The van der Waals surface area contributed by atoms with Gasteiger partial charge in [-0.15, -0.1) is 0 Å². The van der Waals surface area contributed by atoms with E-state index in [-0.39, 0.29) is 17.4 Å². The fraction of sp³-hybridized carbons (Fsp3) is 0.444. The van der Waals surface area contributed by atoms with Crippen LogP contribution in [0.25, 0.3) is 0 Å². The summed E-state index contributed by atoms with van der Waals surface area (Å²) in [5, 5.41) is 10.1. The van der Waals surface area contributed by atoms with Gasteiger partial charge in [0.25, 0.3) is 0 Å². The summed E-state index contributed by atoms with van der Waals surface area (Å²) in [4.78, 5) is 30.3. The van der Waals surface area contributed by atoms with Crippen molar-refractivity contribution in [2.75, 3.05) is 0 Å². The highest BCUT2D eigenvalue weighted by Gasteiger charge is 2.12. The predicted octanol–water partition coefficient (Wildman–Crippen LogP) is 0.460. The Morgan fingerprint density at radius 2 is 1.71 bits per heavy atom. The summed E-state index contributed by atoms with van der Waals surface area (Å²) in [5.74, 6) is -1.21. The van der Waals surface area contributed by atoms with E-state index in [2.05, 4.69) is 11.9 Å². The summed E-state index contributed by atoms with van der Waals surface area (Å²) >= 11 is 0. The summed E-state index contributed by atoms with van der Waals surface area (Å²) in [5.41, 5.74) is 0.176. The van der Waals surface area contributed by atoms with E-state index in [0.717, 1.165) is 0 Å². The maximum absolute atomic E-state index is 10.3. The molecular weight excluding hydrogens is 186 g/mol. The molecule has 1 heterocycles. The number of rotatable bonds is 1. The molecule has 5 nitrogen and oxygen atoms in total. The SMILES string of the molecule is C=C(C)C(=O)O.O=C1CCCC(=O)N1. The fourth-order valence-corrected chi connectivity index (χ4v) is 0.690. The first-order chi connectivity index (χ1) is 6.43. The molecule has 1 aliphatic rings. The van der Waals surface area contributed by atoms with Crippen molar-refractivity contribution in [3.8, 4) is 0 Å². The Hall–Kier alpha value is -1.65. The number of aliphatic carboxylic acids is 1. The van der Waals surface area contributed by atoms with Crippen LogP contribution in [0.4, 0.5) is 0 Å². The van der Waals surface area contributed by atoms with Gasteiger partial charge in [-0.2, -0.15) is 0 Å². The largest absolute Gasteiger partial charge is 0.478 e. The van der Waals surface area contributed by atoms with E-state index in [4.69, 9.17) is 5.11 Å². The quantitative estimate of drug-likeness (QED) is 0.474. The number of imide groups is 1. The molecule has 1 rings (SSSR count). The van der Waals surface area contributed by atoms with Gasteiger partial charge in [0.2, 0.25) is 11.8 Å². The number of carbonyl (C=O) groups excluding carboxylic acids is 2. The first-order valence-electron chi connectivity index (χ1n) is 4.15. The molecule has 0 saturated carbocycles. The van der Waals surface area contributed by atoms with Gasteiger partial charge in [-0.25, -0.2) is 4.79 Å². The molecule has 0 aromatic rings. The van der Waals surface area contributed by atoms with Gasteiger partial charge in [-0.05, 0) is 13.3 Å². The van der Waals surface area contributed by atoms with Crippen LogP contribution in [-0.2, 0) is 14.4 Å². The second-order valence-electron chi connectivity index (χ2n) is 2.91. The molecule has 1 aliphatic heterocycles. The molecule has 0 aromatic heterocycles. The molecule has 14 heavy (non-hydrogen) atoms. The number of piperidine rings is 1. The van der Waals surface area contributed by atoms with E-state index in [1.807, 2.05) is 0 Å². The van der Waals surface area contributed by atoms with Crippen LogP contribution in [0.5, 0.6) is 0 Å². The molecule has 0 atom stereocenters. The lowest BCUT2D eigenvalue weighted by atomic mass is 10.1. The molecule has 2 amide bonds. The van der Waals surface area contributed by atoms with Crippen molar-refractivity contribution in [2.45, 2.75) is 26.2 Å². The van der Waals surface area contributed by atoms with Crippen molar-refractivity contribution in [3.05, 3.63) is 12.2 Å². The van der Waals surface area contributed by atoms with Crippen LogP contribution in [-0.4, -0.2) is 22.9 Å². The molecule has 1 fully saturated rings. The van der Waals surface area contributed by atoms with E-state index < -0.39 is 5.97 Å². The average Bonchev–Trinajstić information content (AvgIpc) is 2.04. The molecule has 78 valence electrons. The number of carbonyl (C=O) groups is 3. The molecule has 0 radical (unpaired) electrons. The Kier molecular flexibility index (Phi) is 5.21. The van der Waals surface area contributed by atoms with E-state index in [1.54, 1.807) is 0 Å². The van der Waals surface area contributed by atoms with E-state index in [0.29, 0.717) is 19.3 Å². The van der Waals surface area contributed by atoms with Crippen molar-refractivity contribution in [3.63, 3.8) is 0 Å². The molecule has 0 unspecified atom stereocenters. The lowest BCUT2D eigenvalue weighted by Crippen LogP contribution is -2.33. The fourth-order valence-electron chi connectivity index (χ4n) is 0.690. The van der Waals surface area contributed by atoms with Gasteiger partial charge in [-0.3, -0.25) is 14.9 Å². The third-order valence-corrected chi connectivity index (χ3v) is 1.45. The topological polar surface area (TPSA) is 83.5 Å². The minimum Gasteiger partial charge on any atom is -0.478 e. The highest BCUT2D eigenvalue weighted by molar-refractivity contribution is 5.97. The lowest BCUT2D eigenvalue weighted by molar-refractivity contribution is -0.134. The molecule has 0 aromatic carbocycles. The molecule has 0 spiro atoms. The number of carboxylic acid groups (broad SMARTS) is 1. The minimum absolute atomic E-state index is 0.138. The summed E-state index contributed by atoms with van der Waals surface area (Å²) in [6, 6.07) is 0. The maximum Gasteiger partial charge on any atom is 0.330 e. The van der Waals surface area contributed by atoms with Gasteiger partial charge in [0.05, 0.1) is 0 Å². The molecule has 5 heteroatoms. The van der Waals surface area contributed by atoms with Gasteiger partial charge >= 0.3 is 5.97 Å². The van der Waals surface area contributed by atoms with Crippen LogP contribution < -0.4 is 5.32 Å². The number of nitrogens with one attached hydrogen (secondary N) is 1. The van der Waals surface area contributed by atoms with Gasteiger partial charge in [-0.1, -0.05) is 6.58 Å². The van der Waals surface area contributed by atoms with Crippen LogP contribution in [0, 0.1) is 0 Å². The minimum atomic E-state index is -0.935. The van der Waals surface area contributed by atoms with Crippen molar-refractivity contribution < 1.29 is 19.5 Å². The third kappa shape index (κ3) is 5.93. The smallest absolute Gasteiger partial charge is 0.330 e. The Morgan fingerprint density at radius 3 is 1.86 bits per heavy atom. The van der Waals surface area contributed by atoms with Crippen molar-refractivity contribution in [2.24, 2.45) is 0 Å². The highest BCUT2D eigenvalue weighted by Crippen LogP contribution is 2.00. The Labute approximate surface area is 81.8 Å². The molecule has 2 N–H and O–H groups in total. The van der Waals surface area contributed by atoms with Gasteiger partial charge < -0.3 is 5.11 Å². The third-order valence-electron chi connectivity index (χ3n) is 1.45. The van der Waals surface area contributed by atoms with Gasteiger partial charge in [0.15, 0.2) is 0 Å². The summed E-state index contributed by atoms with van der Waals surface area (Å²) in [7, 11) is 0. The van der Waals surface area contributed by atoms with Gasteiger partial charge in [0, 0.05) is 18.4 Å². The zero-order chi connectivity index (χ0) is 11.1. The second kappa shape index (κ2) is 5.90. The van der Waals surface area contributed by atoms with Crippen molar-refractivity contribution in [1.82, 2.24) is 5.32 Å².